The normalized spacial score (nSPS) is 25.2. The van der Waals surface area contributed by atoms with Crippen LogP contribution in [0.3, 0.4) is 0 Å². The predicted molar refractivity (Wildman–Crippen MR) is 82.3 cm³/mol. The molecule has 1 unspecified atom stereocenters. The van der Waals surface area contributed by atoms with Crippen LogP contribution in [0.25, 0.3) is 0 Å². The molecule has 0 amide bonds. The largest absolute Gasteiger partial charge is 0.345 e. The molecule has 0 aromatic carbocycles. The Balaban J connectivity index is 1.96. The molecule has 2 N–H and O–H groups in total. The first-order valence-corrected chi connectivity index (χ1v) is 7.77. The van der Waals surface area contributed by atoms with Gasteiger partial charge in [-0.05, 0) is 33.6 Å². The summed E-state index contributed by atoms with van der Waals surface area (Å²) in [7, 11) is 4.37. The minimum Gasteiger partial charge on any atom is -0.345 e. The number of nitrogens with zero attached hydrogens (tertiary/aromatic N) is 3. The Kier molecular flexibility index (Phi) is 4.16. The first-order chi connectivity index (χ1) is 9.65. The molecule has 6 heteroatoms. The average Bonchev–Trinajstić information content (AvgIpc) is 2.60. The lowest BCUT2D eigenvalue weighted by atomic mass is 10.1. The van der Waals surface area contributed by atoms with Crippen LogP contribution in [0.4, 0.5) is 0 Å². The number of aromatic amines is 1. The zero-order valence-electron chi connectivity index (χ0n) is 12.3. The molecular formula is C14H23N5S. The van der Waals surface area contributed by atoms with Gasteiger partial charge in [0.05, 0.1) is 6.04 Å². The second-order valence-electron chi connectivity index (χ2n) is 5.92. The van der Waals surface area contributed by atoms with E-state index in [1.54, 1.807) is 0 Å². The van der Waals surface area contributed by atoms with Crippen molar-refractivity contribution in [2.45, 2.75) is 25.4 Å². The molecule has 1 saturated heterocycles. The number of hydrogen-bond acceptors (Lipinski definition) is 5. The van der Waals surface area contributed by atoms with Crippen LogP contribution >= 0.6 is 12.2 Å². The Bertz CT molecular complexity index is 541. The van der Waals surface area contributed by atoms with Gasteiger partial charge in [-0.15, -0.1) is 0 Å². The highest BCUT2D eigenvalue weighted by Crippen LogP contribution is 2.22. The lowest BCUT2D eigenvalue weighted by molar-refractivity contribution is 0.219. The molecule has 0 aliphatic carbocycles. The van der Waals surface area contributed by atoms with Gasteiger partial charge in [0.25, 0.3) is 0 Å². The van der Waals surface area contributed by atoms with Crippen LogP contribution in [0.5, 0.6) is 0 Å². The van der Waals surface area contributed by atoms with Gasteiger partial charge in [-0.1, -0.05) is 12.2 Å². The van der Waals surface area contributed by atoms with Gasteiger partial charge in [0.1, 0.15) is 10.5 Å². The van der Waals surface area contributed by atoms with E-state index in [-0.39, 0.29) is 0 Å². The zero-order valence-corrected chi connectivity index (χ0v) is 13.1. The van der Waals surface area contributed by atoms with E-state index in [9.17, 15) is 0 Å². The lowest BCUT2D eigenvalue weighted by Crippen LogP contribution is -2.33. The van der Waals surface area contributed by atoms with Gasteiger partial charge >= 0.3 is 0 Å². The molecule has 1 aromatic rings. The molecule has 1 atom stereocenters. The van der Waals surface area contributed by atoms with Gasteiger partial charge in [-0.2, -0.15) is 0 Å². The maximum Gasteiger partial charge on any atom is 0.134 e. The van der Waals surface area contributed by atoms with Crippen molar-refractivity contribution in [3.63, 3.8) is 0 Å². The van der Waals surface area contributed by atoms with Crippen molar-refractivity contribution in [3.05, 3.63) is 21.7 Å². The van der Waals surface area contributed by atoms with Crippen LogP contribution in [-0.4, -0.2) is 60.0 Å². The van der Waals surface area contributed by atoms with Gasteiger partial charge in [0, 0.05) is 37.3 Å². The first-order valence-electron chi connectivity index (χ1n) is 7.36. The highest BCUT2D eigenvalue weighted by Gasteiger charge is 2.25. The summed E-state index contributed by atoms with van der Waals surface area (Å²) in [6.45, 7) is 5.12. The van der Waals surface area contributed by atoms with Gasteiger partial charge in [0.2, 0.25) is 0 Å². The number of hydrogen-bond donors (Lipinski definition) is 2. The number of nitrogens with one attached hydrogen (secondary N) is 2. The third-order valence-electron chi connectivity index (χ3n) is 4.36. The third kappa shape index (κ3) is 2.79. The van der Waals surface area contributed by atoms with Crippen LogP contribution in [0, 0.1) is 4.64 Å². The van der Waals surface area contributed by atoms with Crippen molar-refractivity contribution in [1.82, 2.24) is 25.1 Å². The Morgan fingerprint density at radius 2 is 2.15 bits per heavy atom. The standard InChI is InChI=1S/C14H23N5S/c1-18-6-3-7-19(2)12(9-18)13-16-11-4-5-15-8-10(11)14(20)17-13/h12,15H,3-9H2,1-2H3,(H,16,17,20). The molecule has 0 radical (unpaired) electrons. The van der Waals surface area contributed by atoms with E-state index in [1.165, 1.54) is 17.7 Å². The molecule has 0 spiro atoms. The summed E-state index contributed by atoms with van der Waals surface area (Å²) in [6.07, 6.45) is 2.22. The SMILES string of the molecule is CN1CCCN(C)C(c2nc(=S)c3c([nH]2)CCNC3)C1. The molecule has 3 rings (SSSR count). The fourth-order valence-corrected chi connectivity index (χ4v) is 3.40. The zero-order chi connectivity index (χ0) is 14.1. The predicted octanol–water partition coefficient (Wildman–Crippen LogP) is 1.09. The number of likely N-dealkylation sites (N-methyl/N-ethyl adjacent to an activating group) is 2. The van der Waals surface area contributed by atoms with Gasteiger partial charge in [-0.3, -0.25) is 4.90 Å². The lowest BCUT2D eigenvalue weighted by Gasteiger charge is -2.28. The van der Waals surface area contributed by atoms with Crippen molar-refractivity contribution >= 4 is 12.2 Å². The molecule has 3 heterocycles. The second-order valence-corrected chi connectivity index (χ2v) is 6.31. The van der Waals surface area contributed by atoms with Crippen molar-refractivity contribution in [2.24, 2.45) is 0 Å². The summed E-state index contributed by atoms with van der Waals surface area (Å²) < 4.78 is 0.765. The number of fused-ring (bicyclic) bond motifs is 1. The topological polar surface area (TPSA) is 47.2 Å². The van der Waals surface area contributed by atoms with E-state index >= 15 is 0 Å². The van der Waals surface area contributed by atoms with Gasteiger partial charge in [0.15, 0.2) is 0 Å². The summed E-state index contributed by atoms with van der Waals surface area (Å²) in [4.78, 5) is 13.0. The summed E-state index contributed by atoms with van der Waals surface area (Å²) in [5.74, 6) is 1.03. The summed E-state index contributed by atoms with van der Waals surface area (Å²) in [6, 6.07) is 0.310. The Labute approximate surface area is 125 Å². The first kappa shape index (κ1) is 14.1. The molecule has 0 bridgehead atoms. The van der Waals surface area contributed by atoms with Crippen molar-refractivity contribution in [1.29, 1.82) is 0 Å². The number of rotatable bonds is 1. The molecule has 20 heavy (non-hydrogen) atoms. The molecule has 1 aromatic heterocycles. The molecule has 5 nitrogen and oxygen atoms in total. The minimum atomic E-state index is 0.310. The molecule has 2 aliphatic heterocycles. The van der Waals surface area contributed by atoms with Crippen molar-refractivity contribution < 1.29 is 0 Å². The van der Waals surface area contributed by atoms with Crippen LogP contribution in [0.1, 0.15) is 29.5 Å². The van der Waals surface area contributed by atoms with E-state index < -0.39 is 0 Å². The van der Waals surface area contributed by atoms with Crippen LogP contribution in [0.2, 0.25) is 0 Å². The van der Waals surface area contributed by atoms with Gasteiger partial charge < -0.3 is 15.2 Å². The second kappa shape index (κ2) is 5.89. The summed E-state index contributed by atoms with van der Waals surface area (Å²) >= 11 is 5.49. The maximum atomic E-state index is 5.49. The maximum absolute atomic E-state index is 5.49. The summed E-state index contributed by atoms with van der Waals surface area (Å²) in [5, 5.41) is 3.36. The molecular weight excluding hydrogens is 270 g/mol. The third-order valence-corrected chi connectivity index (χ3v) is 4.70. The van der Waals surface area contributed by atoms with Crippen LogP contribution < -0.4 is 5.32 Å². The number of aromatic nitrogens is 2. The Hall–Kier alpha value is -0.820. The molecule has 0 saturated carbocycles. The fraction of sp³-hybridized carbons (Fsp3) is 0.714. The molecule has 110 valence electrons. The molecule has 1 fully saturated rings. The van der Waals surface area contributed by atoms with E-state index in [0.717, 1.165) is 49.6 Å². The highest BCUT2D eigenvalue weighted by atomic mass is 32.1. The fourth-order valence-electron chi connectivity index (χ4n) is 3.11. The minimum absolute atomic E-state index is 0.310. The number of H-pyrrole nitrogens is 1. The monoisotopic (exact) mass is 293 g/mol. The highest BCUT2D eigenvalue weighted by molar-refractivity contribution is 7.71. The quantitative estimate of drug-likeness (QED) is 0.759. The van der Waals surface area contributed by atoms with E-state index in [1.807, 2.05) is 0 Å². The smallest absolute Gasteiger partial charge is 0.134 e. The Morgan fingerprint density at radius 1 is 1.30 bits per heavy atom. The van der Waals surface area contributed by atoms with Crippen LogP contribution in [-0.2, 0) is 13.0 Å². The van der Waals surface area contributed by atoms with E-state index in [4.69, 9.17) is 12.2 Å². The van der Waals surface area contributed by atoms with E-state index in [0.29, 0.717) is 6.04 Å². The average molecular weight is 293 g/mol. The van der Waals surface area contributed by atoms with Crippen molar-refractivity contribution in [3.8, 4) is 0 Å². The van der Waals surface area contributed by atoms with Crippen LogP contribution in [0.15, 0.2) is 0 Å². The van der Waals surface area contributed by atoms with Gasteiger partial charge in [-0.25, -0.2) is 4.98 Å². The van der Waals surface area contributed by atoms with Crippen molar-refractivity contribution in [2.75, 3.05) is 40.3 Å². The molecule has 2 aliphatic rings. The summed E-state index contributed by atoms with van der Waals surface area (Å²) in [5.41, 5.74) is 2.46. The van der Waals surface area contributed by atoms with E-state index in [2.05, 4.69) is 39.2 Å². The Morgan fingerprint density at radius 3 is 3.00 bits per heavy atom.